The van der Waals surface area contributed by atoms with Crippen LogP contribution in [0.15, 0.2) is 53.0 Å². The molecule has 0 saturated carbocycles. The van der Waals surface area contributed by atoms with Gasteiger partial charge in [0.15, 0.2) is 0 Å². The quantitative estimate of drug-likeness (QED) is 0.671. The molecule has 1 N–H and O–H groups in total. The molecule has 128 valence electrons. The third-order valence-electron chi connectivity index (χ3n) is 4.54. The number of methoxy groups -OCH3 is 1. The number of aromatic nitrogens is 2. The average Bonchev–Trinajstić information content (AvgIpc) is 2.84. The van der Waals surface area contributed by atoms with Crippen LogP contribution in [0, 0.1) is 0 Å². The van der Waals surface area contributed by atoms with Crippen LogP contribution >= 0.6 is 15.9 Å². The molecule has 1 aliphatic heterocycles. The van der Waals surface area contributed by atoms with Crippen molar-refractivity contribution in [2.24, 2.45) is 0 Å². The smallest absolute Gasteiger partial charge is 0.133 e. The van der Waals surface area contributed by atoms with Gasteiger partial charge in [0.2, 0.25) is 0 Å². The van der Waals surface area contributed by atoms with Gasteiger partial charge in [-0.25, -0.2) is 4.68 Å². The maximum Gasteiger partial charge on any atom is 0.133 e. The summed E-state index contributed by atoms with van der Waals surface area (Å²) in [6.45, 7) is 0.979. The van der Waals surface area contributed by atoms with Crippen molar-refractivity contribution in [1.29, 1.82) is 0 Å². The second-order valence-corrected chi connectivity index (χ2v) is 7.10. The zero-order valence-electron chi connectivity index (χ0n) is 14.1. The first-order chi connectivity index (χ1) is 12.3. The first kappa shape index (κ1) is 16.2. The molecule has 0 atom stereocenters. The lowest BCUT2D eigenvalue weighted by molar-refractivity contribution is 0.415. The largest absolute Gasteiger partial charge is 0.497 e. The predicted molar refractivity (Wildman–Crippen MR) is 105 cm³/mol. The zero-order valence-corrected chi connectivity index (χ0v) is 15.7. The highest BCUT2D eigenvalue weighted by molar-refractivity contribution is 9.10. The molecule has 0 unspecified atom stereocenters. The first-order valence-electron chi connectivity index (χ1n) is 8.52. The van der Waals surface area contributed by atoms with Gasteiger partial charge < -0.3 is 10.1 Å². The molecular formula is C20H20BrN3O. The van der Waals surface area contributed by atoms with Gasteiger partial charge in [0.1, 0.15) is 11.6 Å². The van der Waals surface area contributed by atoms with E-state index in [2.05, 4.69) is 45.5 Å². The fourth-order valence-corrected chi connectivity index (χ4v) is 3.54. The molecule has 1 aliphatic rings. The van der Waals surface area contributed by atoms with E-state index in [9.17, 15) is 0 Å². The Kier molecular flexibility index (Phi) is 4.49. The Morgan fingerprint density at radius 2 is 1.96 bits per heavy atom. The molecule has 0 fully saturated rings. The fraction of sp³-hybridized carbons (Fsp3) is 0.250. The minimum Gasteiger partial charge on any atom is -0.497 e. The number of benzene rings is 2. The Labute approximate surface area is 156 Å². The van der Waals surface area contributed by atoms with Gasteiger partial charge in [0.25, 0.3) is 0 Å². The minimum atomic E-state index is 0.853. The van der Waals surface area contributed by atoms with Crippen molar-refractivity contribution in [3.63, 3.8) is 0 Å². The molecule has 2 aromatic carbocycles. The van der Waals surface area contributed by atoms with Gasteiger partial charge in [-0.1, -0.05) is 28.1 Å². The van der Waals surface area contributed by atoms with Gasteiger partial charge in [-0.2, -0.15) is 5.10 Å². The Morgan fingerprint density at radius 3 is 2.76 bits per heavy atom. The summed E-state index contributed by atoms with van der Waals surface area (Å²) in [6, 6.07) is 16.4. The van der Waals surface area contributed by atoms with Crippen molar-refractivity contribution < 1.29 is 4.74 Å². The summed E-state index contributed by atoms with van der Waals surface area (Å²) in [4.78, 5) is 0. The van der Waals surface area contributed by atoms with E-state index in [0.717, 1.165) is 46.0 Å². The normalized spacial score (nSPS) is 13.7. The third kappa shape index (κ3) is 3.16. The molecule has 0 aliphatic carbocycles. The molecule has 0 radical (unpaired) electrons. The van der Waals surface area contributed by atoms with Crippen LogP contribution in [-0.2, 0) is 6.42 Å². The SMILES string of the molecule is COc1cccc(-c2nn(-c3ccc(Br)cc3)c3c2CCCCN3)c1. The van der Waals surface area contributed by atoms with Crippen molar-refractivity contribution in [2.75, 3.05) is 19.0 Å². The van der Waals surface area contributed by atoms with Crippen molar-refractivity contribution in [3.8, 4) is 22.7 Å². The predicted octanol–water partition coefficient (Wildman–Crippen LogP) is 5.06. The standard InChI is InChI=1S/C20H20BrN3O/c1-25-17-6-4-5-14(13-17)19-18-7-2-3-12-22-20(18)24(23-19)16-10-8-15(21)9-11-16/h4-6,8-11,13,22H,2-3,7,12H2,1H3. The number of hydrogen-bond acceptors (Lipinski definition) is 3. The number of anilines is 1. The molecule has 4 rings (SSSR count). The van der Waals surface area contributed by atoms with E-state index < -0.39 is 0 Å². The van der Waals surface area contributed by atoms with Crippen LogP contribution in [0.5, 0.6) is 5.75 Å². The zero-order chi connectivity index (χ0) is 17.2. The van der Waals surface area contributed by atoms with Crippen LogP contribution in [0.2, 0.25) is 0 Å². The molecule has 0 bridgehead atoms. The fourth-order valence-electron chi connectivity index (χ4n) is 3.27. The topological polar surface area (TPSA) is 39.1 Å². The van der Waals surface area contributed by atoms with Crippen molar-refractivity contribution >= 4 is 21.7 Å². The number of hydrogen-bond donors (Lipinski definition) is 1. The summed E-state index contributed by atoms with van der Waals surface area (Å²) in [7, 11) is 1.70. The van der Waals surface area contributed by atoms with Gasteiger partial charge in [0, 0.05) is 22.1 Å². The lowest BCUT2D eigenvalue weighted by Gasteiger charge is -2.09. The van der Waals surface area contributed by atoms with Crippen LogP contribution in [0.25, 0.3) is 16.9 Å². The molecule has 5 heteroatoms. The van der Waals surface area contributed by atoms with E-state index in [4.69, 9.17) is 9.84 Å². The Balaban J connectivity index is 1.88. The van der Waals surface area contributed by atoms with Crippen LogP contribution < -0.4 is 10.1 Å². The van der Waals surface area contributed by atoms with Crippen LogP contribution in [-0.4, -0.2) is 23.4 Å². The van der Waals surface area contributed by atoms with Gasteiger partial charge in [0.05, 0.1) is 18.5 Å². The highest BCUT2D eigenvalue weighted by Gasteiger charge is 2.21. The van der Waals surface area contributed by atoms with Gasteiger partial charge in [-0.05, 0) is 55.7 Å². The van der Waals surface area contributed by atoms with E-state index in [0.29, 0.717) is 0 Å². The average molecular weight is 398 g/mol. The summed E-state index contributed by atoms with van der Waals surface area (Å²) in [5.41, 5.74) is 4.47. The van der Waals surface area contributed by atoms with E-state index in [1.54, 1.807) is 7.11 Å². The first-order valence-corrected chi connectivity index (χ1v) is 9.32. The van der Waals surface area contributed by atoms with E-state index in [1.807, 2.05) is 28.9 Å². The van der Waals surface area contributed by atoms with Gasteiger partial charge >= 0.3 is 0 Å². The highest BCUT2D eigenvalue weighted by Crippen LogP contribution is 2.35. The number of rotatable bonds is 3. The van der Waals surface area contributed by atoms with E-state index in [-0.39, 0.29) is 0 Å². The van der Waals surface area contributed by atoms with Crippen molar-refractivity contribution in [2.45, 2.75) is 19.3 Å². The molecular weight excluding hydrogens is 378 g/mol. The number of nitrogens with zero attached hydrogens (tertiary/aromatic N) is 2. The maximum absolute atomic E-state index is 5.39. The van der Waals surface area contributed by atoms with Gasteiger partial charge in [-0.15, -0.1) is 0 Å². The van der Waals surface area contributed by atoms with Crippen LogP contribution in [0.3, 0.4) is 0 Å². The lowest BCUT2D eigenvalue weighted by atomic mass is 10.0. The molecule has 2 heterocycles. The summed E-state index contributed by atoms with van der Waals surface area (Å²) >= 11 is 3.50. The Morgan fingerprint density at radius 1 is 1.12 bits per heavy atom. The summed E-state index contributed by atoms with van der Waals surface area (Å²) < 4.78 is 8.49. The van der Waals surface area contributed by atoms with Crippen LogP contribution in [0.4, 0.5) is 5.82 Å². The van der Waals surface area contributed by atoms with E-state index in [1.165, 1.54) is 18.4 Å². The molecule has 1 aromatic heterocycles. The highest BCUT2D eigenvalue weighted by atomic mass is 79.9. The molecule has 0 amide bonds. The molecule has 0 spiro atoms. The maximum atomic E-state index is 5.39. The number of halogens is 1. The van der Waals surface area contributed by atoms with Crippen molar-refractivity contribution in [3.05, 3.63) is 58.6 Å². The summed E-state index contributed by atoms with van der Waals surface area (Å²) in [6.07, 6.45) is 3.38. The van der Waals surface area contributed by atoms with E-state index >= 15 is 0 Å². The van der Waals surface area contributed by atoms with Gasteiger partial charge in [-0.3, -0.25) is 0 Å². The second kappa shape index (κ2) is 6.92. The molecule has 4 nitrogen and oxygen atoms in total. The molecule has 0 saturated heterocycles. The molecule has 25 heavy (non-hydrogen) atoms. The summed E-state index contributed by atoms with van der Waals surface area (Å²) in [5.74, 6) is 1.96. The molecule has 3 aromatic rings. The monoisotopic (exact) mass is 397 g/mol. The van der Waals surface area contributed by atoms with Crippen LogP contribution in [0.1, 0.15) is 18.4 Å². The second-order valence-electron chi connectivity index (χ2n) is 6.18. The summed E-state index contributed by atoms with van der Waals surface area (Å²) in [5, 5.41) is 8.55. The minimum absolute atomic E-state index is 0.853. The number of fused-ring (bicyclic) bond motifs is 1. The third-order valence-corrected chi connectivity index (χ3v) is 5.07. The van der Waals surface area contributed by atoms with Crippen molar-refractivity contribution in [1.82, 2.24) is 9.78 Å². The number of nitrogens with one attached hydrogen (secondary N) is 1. The lowest BCUT2D eigenvalue weighted by Crippen LogP contribution is -2.07. The number of ether oxygens (including phenoxy) is 1. The Bertz CT molecular complexity index is 886. The Hall–Kier alpha value is -2.27.